The number of halogens is 3. The summed E-state index contributed by atoms with van der Waals surface area (Å²) in [5, 5.41) is 0. The molecule has 0 radical (unpaired) electrons. The van der Waals surface area contributed by atoms with Crippen LogP contribution in [-0.2, 0) is 59.2 Å². The van der Waals surface area contributed by atoms with Crippen LogP contribution in [0.1, 0.15) is 210 Å². The van der Waals surface area contributed by atoms with Gasteiger partial charge in [-0.25, -0.2) is 13.2 Å². The third-order valence-corrected chi connectivity index (χ3v) is 30.4. The highest BCUT2D eigenvalue weighted by molar-refractivity contribution is 5.89. The van der Waals surface area contributed by atoms with Crippen molar-refractivity contribution in [1.29, 1.82) is 0 Å². The van der Waals surface area contributed by atoms with Crippen LogP contribution < -0.4 is 4.74 Å². The van der Waals surface area contributed by atoms with Crippen molar-refractivity contribution in [2.24, 2.45) is 0 Å². The van der Waals surface area contributed by atoms with Crippen LogP contribution in [0, 0.1) is 52.1 Å². The Bertz CT molecular complexity index is 5790. The summed E-state index contributed by atoms with van der Waals surface area (Å²) in [6, 6.07) is 76.1. The number of likely N-dealkylation sites (tertiary alicyclic amines) is 5. The maximum absolute atomic E-state index is 14.8. The van der Waals surface area contributed by atoms with Gasteiger partial charge >= 0.3 is 0 Å². The SMILES string of the molecule is COc1cccc(C2(C)Cc3ccc(C)cc3C2=C2CCN(C)CC2)c1.Cc1ccc(C2(C)Cc3ccccc3C2=C2CCN(C)CC2)cc1.Cc1ccc2c(c1)C(=C1CCN(C)CC1)C(C)(c1ccc(F)cc1)C2.Cc1ccc2c(c1)C(=C1CCN(C)CC1)C(C)(c1cccc(F)c1)C2.Cc1ccc2c(c1)C(=C1CCN(C)CC1)C(C)(c1ccccc1F)C2. The normalized spacial score (nSPS) is 23.8. The first kappa shape index (κ1) is 88.7. The van der Waals surface area contributed by atoms with Gasteiger partial charge in [0.05, 0.1) is 7.11 Å². The van der Waals surface area contributed by atoms with Crippen LogP contribution in [0.5, 0.6) is 5.75 Å². The van der Waals surface area contributed by atoms with Crippen molar-refractivity contribution in [2.75, 3.05) is 108 Å². The number of hydrogen-bond donors (Lipinski definition) is 0. The van der Waals surface area contributed by atoms with Crippen LogP contribution in [-0.4, -0.2) is 132 Å². The van der Waals surface area contributed by atoms with Crippen LogP contribution in [0.4, 0.5) is 13.2 Å². The van der Waals surface area contributed by atoms with Crippen molar-refractivity contribution in [1.82, 2.24) is 24.5 Å². The second-order valence-corrected chi connectivity index (χ2v) is 39.8. The molecule has 10 aromatic rings. The molecule has 5 aliphatic heterocycles. The van der Waals surface area contributed by atoms with Crippen LogP contribution >= 0.6 is 0 Å². The molecule has 20 rings (SSSR count). The van der Waals surface area contributed by atoms with E-state index in [2.05, 4.69) is 275 Å². The topological polar surface area (TPSA) is 25.4 Å². The lowest BCUT2D eigenvalue weighted by Gasteiger charge is -2.33. The molecule has 5 unspecified atom stereocenters. The predicted molar refractivity (Wildman–Crippen MR) is 518 cm³/mol. The zero-order valence-electron chi connectivity index (χ0n) is 77.7. The van der Waals surface area contributed by atoms with Gasteiger partial charge in [-0.3, -0.25) is 0 Å². The van der Waals surface area contributed by atoms with Crippen LogP contribution in [0.15, 0.2) is 246 Å². The minimum absolute atomic E-state index is 0.0237. The third kappa shape index (κ3) is 18.2. The fraction of sp³-hybridized carbons (Fsp3) is 0.397. The Labute approximate surface area is 746 Å². The van der Waals surface area contributed by atoms with Gasteiger partial charge in [0.2, 0.25) is 0 Å². The molecule has 0 aromatic heterocycles. The minimum Gasteiger partial charge on any atom is -0.497 e. The molecule has 0 saturated carbocycles. The second kappa shape index (κ2) is 36.9. The van der Waals surface area contributed by atoms with Crippen LogP contribution in [0.25, 0.3) is 27.9 Å². The molecule has 0 N–H and O–H groups in total. The van der Waals surface area contributed by atoms with Gasteiger partial charge in [-0.1, -0.05) is 266 Å². The summed E-state index contributed by atoms with van der Waals surface area (Å²) in [6.45, 7) is 34.0. The molecular formula is C116H134F3N5O. The fourth-order valence-electron chi connectivity index (χ4n) is 23.3. The number of methoxy groups -OCH3 is 1. The lowest BCUT2D eigenvalue weighted by Crippen LogP contribution is -2.30. The first-order chi connectivity index (χ1) is 60.0. The molecule has 5 atom stereocenters. The van der Waals surface area contributed by atoms with Crippen molar-refractivity contribution >= 4 is 27.9 Å². The quantitative estimate of drug-likeness (QED) is 0.165. The van der Waals surface area contributed by atoms with E-state index in [1.54, 1.807) is 76.9 Å². The molecule has 0 spiro atoms. The Kier molecular flexibility index (Phi) is 26.2. The zero-order valence-corrected chi connectivity index (χ0v) is 77.7. The molecule has 650 valence electrons. The molecule has 9 heteroatoms. The van der Waals surface area contributed by atoms with E-state index in [9.17, 15) is 13.2 Å². The van der Waals surface area contributed by atoms with Gasteiger partial charge in [0.15, 0.2) is 0 Å². The van der Waals surface area contributed by atoms with E-state index < -0.39 is 0 Å². The Morgan fingerprint density at radius 1 is 0.256 bits per heavy atom. The summed E-state index contributed by atoms with van der Waals surface area (Å²) in [6.07, 6.45) is 16.5. The van der Waals surface area contributed by atoms with E-state index in [0.717, 1.165) is 140 Å². The van der Waals surface area contributed by atoms with E-state index >= 15 is 0 Å². The zero-order chi connectivity index (χ0) is 87.9. The van der Waals surface area contributed by atoms with E-state index in [0.29, 0.717) is 0 Å². The lowest BCUT2D eigenvalue weighted by molar-refractivity contribution is 0.312. The first-order valence-electron chi connectivity index (χ1n) is 46.5. The summed E-state index contributed by atoms with van der Waals surface area (Å²) in [5.41, 5.74) is 42.2. The molecule has 6 nitrogen and oxygen atoms in total. The van der Waals surface area contributed by atoms with Crippen molar-refractivity contribution in [3.63, 3.8) is 0 Å². The van der Waals surface area contributed by atoms with Gasteiger partial charge in [0.25, 0.3) is 0 Å². The Balaban J connectivity index is 0.000000115. The predicted octanol–water partition coefficient (Wildman–Crippen LogP) is 25.4. The highest BCUT2D eigenvalue weighted by Gasteiger charge is 2.47. The van der Waals surface area contributed by atoms with E-state index in [1.807, 2.05) is 36.4 Å². The van der Waals surface area contributed by atoms with Crippen LogP contribution in [0.2, 0.25) is 0 Å². The molecule has 5 saturated heterocycles. The minimum atomic E-state index is -0.271. The Hall–Kier alpha value is -9.71. The van der Waals surface area contributed by atoms with Crippen LogP contribution in [0.3, 0.4) is 0 Å². The molecule has 5 aliphatic carbocycles. The van der Waals surface area contributed by atoms with Crippen molar-refractivity contribution in [2.45, 2.75) is 193 Å². The number of rotatable bonds is 6. The van der Waals surface area contributed by atoms with Crippen molar-refractivity contribution < 1.29 is 17.9 Å². The van der Waals surface area contributed by atoms with Gasteiger partial charge in [0, 0.05) is 92.5 Å². The summed E-state index contributed by atoms with van der Waals surface area (Å²) in [4.78, 5) is 12.1. The monoisotopic (exact) mass is 1670 g/mol. The summed E-state index contributed by atoms with van der Waals surface area (Å²) >= 11 is 0. The third-order valence-electron chi connectivity index (χ3n) is 30.4. The first-order valence-corrected chi connectivity index (χ1v) is 46.5. The fourth-order valence-corrected chi connectivity index (χ4v) is 23.3. The van der Waals surface area contributed by atoms with Gasteiger partial charge < -0.3 is 29.2 Å². The van der Waals surface area contributed by atoms with Gasteiger partial charge in [-0.15, -0.1) is 0 Å². The molecule has 125 heavy (non-hydrogen) atoms. The van der Waals surface area contributed by atoms with E-state index in [4.69, 9.17) is 4.74 Å². The smallest absolute Gasteiger partial charge is 0.127 e. The van der Waals surface area contributed by atoms with Gasteiger partial charge in [0.1, 0.15) is 23.2 Å². The highest BCUT2D eigenvalue weighted by Crippen LogP contribution is 2.58. The number of fused-ring (bicyclic) bond motifs is 5. The number of nitrogens with zero attached hydrogens (tertiary/aromatic N) is 5. The largest absolute Gasteiger partial charge is 0.497 e. The number of piperidine rings is 5. The molecular weight excluding hydrogens is 1540 g/mol. The maximum Gasteiger partial charge on any atom is 0.127 e. The number of ether oxygens (including phenoxy) is 1. The lowest BCUT2D eigenvalue weighted by atomic mass is 9.73. The number of benzene rings is 10. The average molecular weight is 1670 g/mol. The molecule has 10 aliphatic rings. The molecule has 0 bridgehead atoms. The number of aryl methyl sites for hydroxylation is 5. The standard InChI is InChI=1S/C24H29NO.3C23H26FN.C23H27N/c1-17-8-9-19-16-24(2,20-6-5-7-21(15-20)26-4)23(22(19)14-17)18-10-12-25(3)13-11-18;1-16-4-5-18-15-23(2,19-6-8-20(24)9-7-19)22(21(18)14-16)17-10-12-25(3)13-11-17;1-16-7-8-18-15-23(2,19-5-4-6-20(24)14-19)22(21(18)13-16)17-9-11-25(3)12-10-17;1-16-8-9-18-15-23(2,20-6-4-5-7-21(20)24)22(19(18)14-16)17-10-12-25(3)13-11-17;1-17-8-10-20(11-9-17)23(2)16-19-6-4-5-7-21(19)22(23)18-12-14-24(3)15-13-18/h5-9,14-15H,10-13,16H2,1-4H3;4-9,14H,10-13,15H2,1-3H3;4-8,13-14H,9-12,15H2,1-3H3;4-9,14H,10-13,15H2,1-3H3;4-11H,12-16H2,1-3H3. The van der Waals surface area contributed by atoms with E-state index in [1.165, 1.54) is 161 Å². The van der Waals surface area contributed by atoms with Crippen molar-refractivity contribution in [3.8, 4) is 5.75 Å². The second-order valence-electron chi connectivity index (χ2n) is 39.8. The summed E-state index contributed by atoms with van der Waals surface area (Å²) in [7, 11) is 12.8. The van der Waals surface area contributed by atoms with Gasteiger partial charge in [-0.2, -0.15) is 0 Å². The summed E-state index contributed by atoms with van der Waals surface area (Å²) in [5.74, 6) is 0.565. The highest BCUT2D eigenvalue weighted by atomic mass is 19.1. The summed E-state index contributed by atoms with van der Waals surface area (Å²) < 4.78 is 47.8. The average Bonchev–Trinajstić information content (AvgIpc) is 1.60. The molecule has 10 aromatic carbocycles. The molecule has 5 fully saturated rings. The Morgan fingerprint density at radius 2 is 0.552 bits per heavy atom. The Morgan fingerprint density at radius 3 is 0.920 bits per heavy atom. The van der Waals surface area contributed by atoms with Gasteiger partial charge in [-0.05, 0) is 320 Å². The number of allylic oxidation sites excluding steroid dienone is 5. The number of hydrogen-bond acceptors (Lipinski definition) is 6. The molecule has 5 heterocycles. The molecule has 0 amide bonds. The van der Waals surface area contributed by atoms with E-state index in [-0.39, 0.29) is 44.5 Å². The maximum atomic E-state index is 14.8. The van der Waals surface area contributed by atoms with Crippen molar-refractivity contribution in [3.05, 3.63) is 375 Å².